The summed E-state index contributed by atoms with van der Waals surface area (Å²) in [5.41, 5.74) is 6.54. The molecule has 0 saturated heterocycles. The van der Waals surface area contributed by atoms with Crippen LogP contribution >= 0.6 is 31.9 Å². The van der Waals surface area contributed by atoms with Crippen LogP contribution in [0.3, 0.4) is 0 Å². The minimum absolute atomic E-state index is 0.255. The molecule has 6 heteroatoms. The SMILES string of the molecule is CCOC(=O)c1cccc(Oc2ccc(Br)cc2Br)c1N. The van der Waals surface area contributed by atoms with E-state index < -0.39 is 5.97 Å². The van der Waals surface area contributed by atoms with Gasteiger partial charge < -0.3 is 15.2 Å². The van der Waals surface area contributed by atoms with Crippen molar-refractivity contribution >= 4 is 43.5 Å². The van der Waals surface area contributed by atoms with E-state index >= 15 is 0 Å². The predicted molar refractivity (Wildman–Crippen MR) is 88.7 cm³/mol. The Hall–Kier alpha value is -1.53. The Bertz CT molecular complexity index is 674. The van der Waals surface area contributed by atoms with E-state index in [2.05, 4.69) is 31.9 Å². The summed E-state index contributed by atoms with van der Waals surface area (Å²) in [7, 11) is 0. The highest BCUT2D eigenvalue weighted by Gasteiger charge is 2.15. The van der Waals surface area contributed by atoms with Crippen LogP contribution in [0.25, 0.3) is 0 Å². The third kappa shape index (κ3) is 3.77. The quantitative estimate of drug-likeness (QED) is 0.578. The Kier molecular flexibility index (Phi) is 5.25. The maximum atomic E-state index is 11.8. The van der Waals surface area contributed by atoms with Crippen LogP contribution in [0.4, 0.5) is 5.69 Å². The Labute approximate surface area is 139 Å². The summed E-state index contributed by atoms with van der Waals surface area (Å²) in [6.45, 7) is 2.04. The van der Waals surface area contributed by atoms with Crippen LogP contribution in [0.15, 0.2) is 45.3 Å². The Morgan fingerprint density at radius 3 is 2.62 bits per heavy atom. The molecule has 0 bridgehead atoms. The number of carbonyl (C=O) groups is 1. The van der Waals surface area contributed by atoms with Crippen molar-refractivity contribution in [1.29, 1.82) is 0 Å². The van der Waals surface area contributed by atoms with E-state index in [0.717, 1.165) is 8.95 Å². The van der Waals surface area contributed by atoms with Gasteiger partial charge in [-0.3, -0.25) is 0 Å². The summed E-state index contributed by atoms with van der Waals surface area (Å²) in [5.74, 6) is 0.546. The average Bonchev–Trinajstić information content (AvgIpc) is 2.44. The Morgan fingerprint density at radius 2 is 1.95 bits per heavy atom. The molecule has 0 aliphatic carbocycles. The van der Waals surface area contributed by atoms with Gasteiger partial charge in [0.2, 0.25) is 0 Å². The highest BCUT2D eigenvalue weighted by atomic mass is 79.9. The first-order chi connectivity index (χ1) is 10.0. The number of hydrogen-bond acceptors (Lipinski definition) is 4. The van der Waals surface area contributed by atoms with Gasteiger partial charge in [0.1, 0.15) is 5.75 Å². The van der Waals surface area contributed by atoms with Crippen molar-refractivity contribution in [3.8, 4) is 11.5 Å². The van der Waals surface area contributed by atoms with Crippen molar-refractivity contribution in [3.05, 3.63) is 50.9 Å². The lowest BCUT2D eigenvalue weighted by molar-refractivity contribution is 0.0527. The molecular formula is C15H13Br2NO3. The van der Waals surface area contributed by atoms with Gasteiger partial charge in [-0.25, -0.2) is 4.79 Å². The second-order valence-corrected chi connectivity index (χ2v) is 5.88. The van der Waals surface area contributed by atoms with Crippen molar-refractivity contribution < 1.29 is 14.3 Å². The summed E-state index contributed by atoms with van der Waals surface area (Å²) >= 11 is 6.79. The standard InChI is InChI=1S/C15H13Br2NO3/c1-2-20-15(19)10-4-3-5-13(14(10)18)21-12-7-6-9(16)8-11(12)17/h3-8H,2,18H2,1H3. The van der Waals surface area contributed by atoms with Gasteiger partial charge in [-0.15, -0.1) is 0 Å². The van der Waals surface area contributed by atoms with E-state index in [1.54, 1.807) is 31.2 Å². The van der Waals surface area contributed by atoms with E-state index in [-0.39, 0.29) is 5.69 Å². The highest BCUT2D eigenvalue weighted by molar-refractivity contribution is 9.11. The molecule has 0 amide bonds. The molecule has 2 N–H and O–H groups in total. The van der Waals surface area contributed by atoms with Gasteiger partial charge in [0, 0.05) is 4.47 Å². The third-order valence-electron chi connectivity index (χ3n) is 2.68. The second-order valence-electron chi connectivity index (χ2n) is 4.11. The molecule has 0 spiro atoms. The van der Waals surface area contributed by atoms with E-state index in [1.165, 1.54) is 0 Å². The van der Waals surface area contributed by atoms with Crippen molar-refractivity contribution in [2.45, 2.75) is 6.92 Å². The number of benzene rings is 2. The zero-order valence-electron chi connectivity index (χ0n) is 11.2. The van der Waals surface area contributed by atoms with Crippen LogP contribution in [-0.4, -0.2) is 12.6 Å². The number of esters is 1. The highest BCUT2D eigenvalue weighted by Crippen LogP contribution is 2.35. The topological polar surface area (TPSA) is 61.5 Å². The fourth-order valence-electron chi connectivity index (χ4n) is 1.70. The van der Waals surface area contributed by atoms with Gasteiger partial charge in [0.25, 0.3) is 0 Å². The molecule has 0 heterocycles. The van der Waals surface area contributed by atoms with Gasteiger partial charge in [-0.05, 0) is 53.2 Å². The Balaban J connectivity index is 2.32. The van der Waals surface area contributed by atoms with Crippen LogP contribution in [-0.2, 0) is 4.74 Å². The maximum Gasteiger partial charge on any atom is 0.340 e. The lowest BCUT2D eigenvalue weighted by Gasteiger charge is -2.12. The van der Waals surface area contributed by atoms with E-state index in [0.29, 0.717) is 23.7 Å². The first-order valence-electron chi connectivity index (χ1n) is 6.21. The van der Waals surface area contributed by atoms with Crippen molar-refractivity contribution in [2.75, 3.05) is 12.3 Å². The first kappa shape index (κ1) is 15.9. The molecule has 4 nitrogen and oxygen atoms in total. The molecule has 0 aliphatic heterocycles. The average molecular weight is 415 g/mol. The molecule has 0 unspecified atom stereocenters. The monoisotopic (exact) mass is 413 g/mol. The molecule has 0 fully saturated rings. The normalized spacial score (nSPS) is 10.2. The number of hydrogen-bond donors (Lipinski definition) is 1. The largest absolute Gasteiger partial charge is 0.462 e. The molecule has 0 aromatic heterocycles. The minimum atomic E-state index is -0.463. The fourth-order valence-corrected chi connectivity index (χ4v) is 2.82. The second kappa shape index (κ2) is 6.95. The summed E-state index contributed by atoms with van der Waals surface area (Å²) < 4.78 is 12.4. The summed E-state index contributed by atoms with van der Waals surface area (Å²) in [6, 6.07) is 10.5. The van der Waals surface area contributed by atoms with Crippen LogP contribution in [0.2, 0.25) is 0 Å². The predicted octanol–water partition coefficient (Wildman–Crippen LogP) is 4.76. The van der Waals surface area contributed by atoms with Crippen molar-refractivity contribution in [1.82, 2.24) is 0 Å². The number of rotatable bonds is 4. The molecule has 2 aromatic rings. The van der Waals surface area contributed by atoms with Crippen LogP contribution in [0.1, 0.15) is 17.3 Å². The molecule has 2 aromatic carbocycles. The zero-order chi connectivity index (χ0) is 15.4. The van der Waals surface area contributed by atoms with Crippen LogP contribution < -0.4 is 10.5 Å². The lowest BCUT2D eigenvalue weighted by atomic mass is 10.1. The lowest BCUT2D eigenvalue weighted by Crippen LogP contribution is -2.08. The van der Waals surface area contributed by atoms with E-state index in [1.807, 2.05) is 12.1 Å². The number of anilines is 1. The number of ether oxygens (including phenoxy) is 2. The number of halogens is 2. The van der Waals surface area contributed by atoms with Gasteiger partial charge in [0.15, 0.2) is 5.75 Å². The van der Waals surface area contributed by atoms with Crippen LogP contribution in [0, 0.1) is 0 Å². The summed E-state index contributed by atoms with van der Waals surface area (Å²) in [6.07, 6.45) is 0. The molecule has 0 aliphatic rings. The smallest absolute Gasteiger partial charge is 0.340 e. The first-order valence-corrected chi connectivity index (χ1v) is 7.80. The van der Waals surface area contributed by atoms with Gasteiger partial charge >= 0.3 is 5.97 Å². The molecule has 0 radical (unpaired) electrons. The minimum Gasteiger partial charge on any atom is -0.462 e. The van der Waals surface area contributed by atoms with Gasteiger partial charge in [-0.2, -0.15) is 0 Å². The number of carbonyl (C=O) groups excluding carboxylic acids is 1. The molecule has 0 saturated carbocycles. The van der Waals surface area contributed by atoms with Crippen molar-refractivity contribution in [2.24, 2.45) is 0 Å². The fraction of sp³-hybridized carbons (Fsp3) is 0.133. The number of nitrogens with two attached hydrogens (primary N) is 1. The third-order valence-corrected chi connectivity index (χ3v) is 3.79. The molecule has 21 heavy (non-hydrogen) atoms. The van der Waals surface area contributed by atoms with Crippen molar-refractivity contribution in [3.63, 3.8) is 0 Å². The molecule has 110 valence electrons. The summed E-state index contributed by atoms with van der Waals surface area (Å²) in [4.78, 5) is 11.8. The summed E-state index contributed by atoms with van der Waals surface area (Å²) in [5, 5.41) is 0. The van der Waals surface area contributed by atoms with Crippen LogP contribution in [0.5, 0.6) is 11.5 Å². The van der Waals surface area contributed by atoms with Gasteiger partial charge in [-0.1, -0.05) is 22.0 Å². The zero-order valence-corrected chi connectivity index (χ0v) is 14.4. The molecule has 0 atom stereocenters. The number of para-hydroxylation sites is 1. The van der Waals surface area contributed by atoms with E-state index in [4.69, 9.17) is 15.2 Å². The van der Waals surface area contributed by atoms with Gasteiger partial charge in [0.05, 0.1) is 22.3 Å². The molecule has 2 rings (SSSR count). The number of nitrogen functional groups attached to an aromatic ring is 1. The van der Waals surface area contributed by atoms with E-state index in [9.17, 15) is 4.79 Å². The Morgan fingerprint density at radius 1 is 1.19 bits per heavy atom. The maximum absolute atomic E-state index is 11.8. The molecular weight excluding hydrogens is 402 g/mol.